The molecule has 1 aromatic heterocycles. The van der Waals surface area contributed by atoms with Crippen molar-refractivity contribution < 1.29 is 4.79 Å². The van der Waals surface area contributed by atoms with E-state index < -0.39 is 5.54 Å². The summed E-state index contributed by atoms with van der Waals surface area (Å²) >= 11 is 3.46. The van der Waals surface area contributed by atoms with Crippen molar-refractivity contribution in [2.45, 2.75) is 38.1 Å². The Kier molecular flexibility index (Phi) is 2.92. The van der Waals surface area contributed by atoms with Crippen LogP contribution in [0.4, 0.5) is 0 Å². The fourth-order valence-electron chi connectivity index (χ4n) is 2.04. The van der Waals surface area contributed by atoms with Gasteiger partial charge in [-0.15, -0.1) is 0 Å². The van der Waals surface area contributed by atoms with E-state index in [1.807, 2.05) is 14.0 Å². The lowest BCUT2D eigenvalue weighted by molar-refractivity contribution is -0.126. The number of nitrogens with zero attached hydrogens (tertiary/aromatic N) is 2. The third-order valence-corrected chi connectivity index (χ3v) is 4.42. The molecular formula is C11H16BrN3O. The highest BCUT2D eigenvalue weighted by atomic mass is 79.9. The summed E-state index contributed by atoms with van der Waals surface area (Å²) in [5, 5.41) is 4.27. The number of hydrogen-bond acceptors (Lipinski definition) is 3. The molecule has 0 bridgehead atoms. The van der Waals surface area contributed by atoms with Gasteiger partial charge < -0.3 is 5.73 Å². The number of halogens is 1. The molecule has 2 rings (SSSR count). The van der Waals surface area contributed by atoms with Crippen molar-refractivity contribution in [1.29, 1.82) is 0 Å². The normalized spacial score (nSPS) is 18.2. The predicted octanol–water partition coefficient (Wildman–Crippen LogP) is 1.48. The highest BCUT2D eigenvalue weighted by Crippen LogP contribution is 2.32. The quantitative estimate of drug-likeness (QED) is 0.915. The molecule has 0 atom stereocenters. The third-order valence-electron chi connectivity index (χ3n) is 3.39. The van der Waals surface area contributed by atoms with Crippen molar-refractivity contribution >= 4 is 21.7 Å². The molecule has 16 heavy (non-hydrogen) atoms. The van der Waals surface area contributed by atoms with Gasteiger partial charge in [0.15, 0.2) is 5.78 Å². The summed E-state index contributed by atoms with van der Waals surface area (Å²) in [4.78, 5) is 12.0. The predicted molar refractivity (Wildman–Crippen MR) is 65.1 cm³/mol. The lowest BCUT2D eigenvalue weighted by Crippen LogP contribution is -2.54. The number of hydrogen-bond donors (Lipinski definition) is 1. The minimum atomic E-state index is -0.572. The highest BCUT2D eigenvalue weighted by Gasteiger charge is 2.40. The molecule has 2 N–H and O–H groups in total. The summed E-state index contributed by atoms with van der Waals surface area (Å²) in [5.41, 5.74) is 7.26. The standard InChI is InChI=1S/C11H16BrN3O/c1-7-10(12)8(15(2)14-7)6-9(16)11(13)4-3-5-11/h3-6,13H2,1-2H3. The number of aromatic nitrogens is 2. The lowest BCUT2D eigenvalue weighted by atomic mass is 9.73. The van der Waals surface area contributed by atoms with Crippen LogP contribution in [0.1, 0.15) is 30.7 Å². The Labute approximate surface area is 103 Å². The largest absolute Gasteiger partial charge is 0.319 e. The average Bonchev–Trinajstić information content (AvgIpc) is 2.41. The number of rotatable bonds is 3. The van der Waals surface area contributed by atoms with E-state index in [2.05, 4.69) is 21.0 Å². The van der Waals surface area contributed by atoms with E-state index in [1.54, 1.807) is 4.68 Å². The maximum absolute atomic E-state index is 12.0. The van der Waals surface area contributed by atoms with E-state index in [1.165, 1.54) is 0 Å². The summed E-state index contributed by atoms with van der Waals surface area (Å²) in [5.74, 6) is 0.127. The Hall–Kier alpha value is -0.680. The summed E-state index contributed by atoms with van der Waals surface area (Å²) in [6.07, 6.45) is 3.07. The van der Waals surface area contributed by atoms with Gasteiger partial charge in [0.25, 0.3) is 0 Å². The van der Waals surface area contributed by atoms with Gasteiger partial charge in [0.1, 0.15) is 0 Å². The minimum absolute atomic E-state index is 0.127. The van der Waals surface area contributed by atoms with Crippen LogP contribution in [0.3, 0.4) is 0 Å². The van der Waals surface area contributed by atoms with E-state index in [-0.39, 0.29) is 5.78 Å². The molecule has 1 heterocycles. The molecule has 0 aliphatic heterocycles. The molecule has 0 saturated heterocycles. The second-order valence-electron chi connectivity index (χ2n) is 4.58. The van der Waals surface area contributed by atoms with Crippen LogP contribution >= 0.6 is 15.9 Å². The molecular weight excluding hydrogens is 270 g/mol. The summed E-state index contributed by atoms with van der Waals surface area (Å²) in [6, 6.07) is 0. The van der Waals surface area contributed by atoms with Gasteiger partial charge in [0, 0.05) is 7.05 Å². The van der Waals surface area contributed by atoms with Gasteiger partial charge in [-0.1, -0.05) is 0 Å². The molecule has 0 amide bonds. The first-order valence-corrected chi connectivity index (χ1v) is 6.23. The number of ketones is 1. The van der Waals surface area contributed by atoms with Gasteiger partial charge in [-0.3, -0.25) is 9.48 Å². The van der Waals surface area contributed by atoms with E-state index >= 15 is 0 Å². The number of aryl methyl sites for hydroxylation is 2. The molecule has 0 aromatic carbocycles. The Morgan fingerprint density at radius 1 is 1.62 bits per heavy atom. The Morgan fingerprint density at radius 2 is 2.25 bits per heavy atom. The number of carbonyl (C=O) groups is 1. The van der Waals surface area contributed by atoms with E-state index in [9.17, 15) is 4.79 Å². The van der Waals surface area contributed by atoms with Gasteiger partial charge in [-0.05, 0) is 42.1 Å². The molecule has 1 saturated carbocycles. The van der Waals surface area contributed by atoms with Crippen LogP contribution in [0.25, 0.3) is 0 Å². The van der Waals surface area contributed by atoms with Crippen LogP contribution in [0, 0.1) is 6.92 Å². The Bertz CT molecular complexity index is 435. The summed E-state index contributed by atoms with van der Waals surface area (Å²) < 4.78 is 2.67. The van der Waals surface area contributed by atoms with E-state index in [0.29, 0.717) is 6.42 Å². The van der Waals surface area contributed by atoms with Gasteiger partial charge in [-0.2, -0.15) is 5.10 Å². The van der Waals surface area contributed by atoms with Crippen LogP contribution in [-0.2, 0) is 18.3 Å². The van der Waals surface area contributed by atoms with Crippen LogP contribution in [0.5, 0.6) is 0 Å². The zero-order chi connectivity index (χ0) is 11.9. The zero-order valence-electron chi connectivity index (χ0n) is 9.59. The first-order chi connectivity index (χ1) is 7.44. The second-order valence-corrected chi connectivity index (χ2v) is 5.37. The van der Waals surface area contributed by atoms with Crippen molar-refractivity contribution in [2.24, 2.45) is 12.8 Å². The number of nitrogens with two attached hydrogens (primary N) is 1. The van der Waals surface area contributed by atoms with Gasteiger partial charge in [0.2, 0.25) is 0 Å². The number of Topliss-reactive ketones (excluding diaryl/α,β-unsaturated/α-hetero) is 1. The van der Waals surface area contributed by atoms with Gasteiger partial charge in [0.05, 0.1) is 27.8 Å². The minimum Gasteiger partial charge on any atom is -0.319 e. The average molecular weight is 286 g/mol. The molecule has 1 aliphatic rings. The first-order valence-electron chi connectivity index (χ1n) is 5.44. The molecule has 1 aromatic rings. The van der Waals surface area contributed by atoms with E-state index in [4.69, 9.17) is 5.73 Å². The highest BCUT2D eigenvalue weighted by molar-refractivity contribution is 9.10. The fraction of sp³-hybridized carbons (Fsp3) is 0.636. The van der Waals surface area contributed by atoms with Crippen molar-refractivity contribution in [1.82, 2.24) is 9.78 Å². The van der Waals surface area contributed by atoms with Gasteiger partial charge in [-0.25, -0.2) is 0 Å². The van der Waals surface area contributed by atoms with Crippen molar-refractivity contribution in [2.75, 3.05) is 0 Å². The monoisotopic (exact) mass is 285 g/mol. The molecule has 4 nitrogen and oxygen atoms in total. The Balaban J connectivity index is 2.18. The fourth-order valence-corrected chi connectivity index (χ4v) is 2.51. The zero-order valence-corrected chi connectivity index (χ0v) is 11.2. The van der Waals surface area contributed by atoms with Crippen LogP contribution in [0.15, 0.2) is 4.47 Å². The SMILES string of the molecule is Cc1nn(C)c(CC(=O)C2(N)CCC2)c1Br. The smallest absolute Gasteiger partial charge is 0.158 e. The molecule has 5 heteroatoms. The van der Waals surface area contributed by atoms with Crippen molar-refractivity contribution in [3.8, 4) is 0 Å². The van der Waals surface area contributed by atoms with Crippen molar-refractivity contribution in [3.05, 3.63) is 15.9 Å². The Morgan fingerprint density at radius 3 is 2.62 bits per heavy atom. The van der Waals surface area contributed by atoms with Crippen LogP contribution in [0.2, 0.25) is 0 Å². The molecule has 0 spiro atoms. The number of carbonyl (C=O) groups excluding carboxylic acids is 1. The lowest BCUT2D eigenvalue weighted by Gasteiger charge is -2.36. The van der Waals surface area contributed by atoms with Crippen LogP contribution < -0.4 is 5.73 Å². The third kappa shape index (κ3) is 1.82. The molecule has 0 unspecified atom stereocenters. The first kappa shape index (κ1) is 11.8. The molecule has 1 aliphatic carbocycles. The van der Waals surface area contributed by atoms with Crippen LogP contribution in [-0.4, -0.2) is 21.1 Å². The topological polar surface area (TPSA) is 60.9 Å². The van der Waals surface area contributed by atoms with Gasteiger partial charge >= 0.3 is 0 Å². The summed E-state index contributed by atoms with van der Waals surface area (Å²) in [6.45, 7) is 1.92. The maximum atomic E-state index is 12.0. The molecule has 88 valence electrons. The van der Waals surface area contributed by atoms with Crippen molar-refractivity contribution in [3.63, 3.8) is 0 Å². The second kappa shape index (κ2) is 3.96. The van der Waals surface area contributed by atoms with E-state index in [0.717, 1.165) is 35.1 Å². The molecule has 1 fully saturated rings. The molecule has 0 radical (unpaired) electrons. The summed E-state index contributed by atoms with van der Waals surface area (Å²) in [7, 11) is 1.85. The maximum Gasteiger partial charge on any atom is 0.158 e.